The van der Waals surface area contributed by atoms with Crippen molar-refractivity contribution in [3.63, 3.8) is 0 Å². The van der Waals surface area contributed by atoms with Crippen molar-refractivity contribution in [3.8, 4) is 11.5 Å². The molecule has 20 heavy (non-hydrogen) atoms. The van der Waals surface area contributed by atoms with Crippen LogP contribution >= 0.6 is 0 Å². The molecule has 0 spiro atoms. The fraction of sp³-hybridized carbons (Fsp3) is 0.625. The molecule has 1 aliphatic carbocycles. The standard InChI is InChI=1S/C16H24O4/c1-19-12-7-8-13(14(11-12)20-2)15(17)16(18)9-5-3-4-6-10-16/h7-8,11,15,17-18H,3-6,9-10H2,1-2H3. The lowest BCUT2D eigenvalue weighted by molar-refractivity contribution is -0.0874. The van der Waals surface area contributed by atoms with Gasteiger partial charge in [0.1, 0.15) is 17.6 Å². The zero-order valence-electron chi connectivity index (χ0n) is 12.3. The van der Waals surface area contributed by atoms with Crippen molar-refractivity contribution in [1.82, 2.24) is 0 Å². The van der Waals surface area contributed by atoms with E-state index in [0.717, 1.165) is 25.7 Å². The molecule has 0 amide bonds. The van der Waals surface area contributed by atoms with Crippen LogP contribution in [0.3, 0.4) is 0 Å². The monoisotopic (exact) mass is 280 g/mol. The second-order valence-electron chi connectivity index (χ2n) is 5.53. The lowest BCUT2D eigenvalue weighted by Gasteiger charge is -2.33. The van der Waals surface area contributed by atoms with E-state index in [4.69, 9.17) is 9.47 Å². The Morgan fingerprint density at radius 3 is 2.25 bits per heavy atom. The highest BCUT2D eigenvalue weighted by atomic mass is 16.5. The van der Waals surface area contributed by atoms with Gasteiger partial charge in [0.05, 0.1) is 19.8 Å². The Balaban J connectivity index is 2.29. The Hall–Kier alpha value is -1.26. The first-order valence-corrected chi connectivity index (χ1v) is 7.23. The highest BCUT2D eigenvalue weighted by Gasteiger charge is 2.38. The van der Waals surface area contributed by atoms with E-state index in [2.05, 4.69) is 0 Å². The number of hydrogen-bond acceptors (Lipinski definition) is 4. The molecule has 112 valence electrons. The molecule has 1 aliphatic rings. The first kappa shape index (κ1) is 15.1. The van der Waals surface area contributed by atoms with Crippen LogP contribution < -0.4 is 9.47 Å². The molecule has 4 heteroatoms. The molecular weight excluding hydrogens is 256 g/mol. The molecule has 1 fully saturated rings. The van der Waals surface area contributed by atoms with Crippen LogP contribution in [0.15, 0.2) is 18.2 Å². The van der Waals surface area contributed by atoms with Gasteiger partial charge in [-0.3, -0.25) is 0 Å². The molecule has 2 rings (SSSR count). The maximum Gasteiger partial charge on any atom is 0.128 e. The highest BCUT2D eigenvalue weighted by Crippen LogP contribution is 2.41. The molecule has 0 aliphatic heterocycles. The molecule has 0 bridgehead atoms. The SMILES string of the molecule is COc1ccc(C(O)C2(O)CCCCCC2)c(OC)c1. The van der Waals surface area contributed by atoms with Gasteiger partial charge >= 0.3 is 0 Å². The van der Waals surface area contributed by atoms with Gasteiger partial charge < -0.3 is 19.7 Å². The van der Waals surface area contributed by atoms with E-state index >= 15 is 0 Å². The summed E-state index contributed by atoms with van der Waals surface area (Å²) in [5.41, 5.74) is -0.434. The van der Waals surface area contributed by atoms with Crippen LogP contribution in [-0.4, -0.2) is 30.0 Å². The predicted octanol–water partition coefficient (Wildman–Crippen LogP) is 2.82. The Morgan fingerprint density at radius 1 is 1.05 bits per heavy atom. The van der Waals surface area contributed by atoms with Crippen LogP contribution in [-0.2, 0) is 0 Å². The minimum Gasteiger partial charge on any atom is -0.497 e. The van der Waals surface area contributed by atoms with E-state index in [-0.39, 0.29) is 0 Å². The third-order valence-electron chi connectivity index (χ3n) is 4.21. The summed E-state index contributed by atoms with van der Waals surface area (Å²) >= 11 is 0. The van der Waals surface area contributed by atoms with E-state index in [1.807, 2.05) is 0 Å². The zero-order chi connectivity index (χ0) is 14.6. The van der Waals surface area contributed by atoms with Gasteiger partial charge in [0.15, 0.2) is 0 Å². The summed E-state index contributed by atoms with van der Waals surface area (Å²) in [7, 11) is 3.14. The summed E-state index contributed by atoms with van der Waals surface area (Å²) in [5.74, 6) is 1.22. The smallest absolute Gasteiger partial charge is 0.128 e. The van der Waals surface area contributed by atoms with Crippen LogP contribution in [0.2, 0.25) is 0 Å². The second kappa shape index (κ2) is 6.46. The molecule has 0 heterocycles. The van der Waals surface area contributed by atoms with Gasteiger partial charge in [-0.2, -0.15) is 0 Å². The van der Waals surface area contributed by atoms with Crippen LogP contribution in [0, 0.1) is 0 Å². The van der Waals surface area contributed by atoms with E-state index in [9.17, 15) is 10.2 Å². The molecule has 1 unspecified atom stereocenters. The fourth-order valence-corrected chi connectivity index (χ4v) is 2.95. The van der Waals surface area contributed by atoms with Crippen molar-refractivity contribution in [2.45, 2.75) is 50.2 Å². The Kier molecular flexibility index (Phi) is 4.89. The lowest BCUT2D eigenvalue weighted by Crippen LogP contribution is -2.36. The number of rotatable bonds is 4. The molecule has 0 saturated heterocycles. The summed E-state index contributed by atoms with van der Waals surface area (Å²) in [6.07, 6.45) is 4.47. The molecule has 1 aromatic carbocycles. The molecule has 0 radical (unpaired) electrons. The van der Waals surface area contributed by atoms with Gasteiger partial charge in [0, 0.05) is 11.6 Å². The van der Waals surface area contributed by atoms with Crippen molar-refractivity contribution < 1.29 is 19.7 Å². The van der Waals surface area contributed by atoms with Crippen LogP contribution in [0.1, 0.15) is 50.2 Å². The molecule has 1 saturated carbocycles. The van der Waals surface area contributed by atoms with Crippen molar-refractivity contribution >= 4 is 0 Å². The number of aliphatic hydroxyl groups is 2. The number of hydrogen-bond donors (Lipinski definition) is 2. The Bertz CT molecular complexity index is 436. The third kappa shape index (κ3) is 3.07. The minimum atomic E-state index is -1.06. The Morgan fingerprint density at radius 2 is 1.70 bits per heavy atom. The maximum absolute atomic E-state index is 10.8. The van der Waals surface area contributed by atoms with Crippen LogP contribution in [0.4, 0.5) is 0 Å². The number of methoxy groups -OCH3 is 2. The van der Waals surface area contributed by atoms with E-state index in [1.165, 1.54) is 0 Å². The summed E-state index contributed by atoms with van der Waals surface area (Å²) in [6, 6.07) is 5.28. The van der Waals surface area contributed by atoms with Crippen molar-refractivity contribution in [1.29, 1.82) is 0 Å². The van der Waals surface area contributed by atoms with E-state index in [0.29, 0.717) is 29.9 Å². The normalized spacial score (nSPS) is 20.0. The summed E-state index contributed by atoms with van der Waals surface area (Å²) in [4.78, 5) is 0. The summed E-state index contributed by atoms with van der Waals surface area (Å²) < 4.78 is 10.5. The largest absolute Gasteiger partial charge is 0.497 e. The van der Waals surface area contributed by atoms with Crippen molar-refractivity contribution in [2.24, 2.45) is 0 Å². The van der Waals surface area contributed by atoms with E-state index < -0.39 is 11.7 Å². The zero-order valence-corrected chi connectivity index (χ0v) is 12.3. The molecule has 4 nitrogen and oxygen atoms in total. The topological polar surface area (TPSA) is 58.9 Å². The first-order valence-electron chi connectivity index (χ1n) is 7.23. The van der Waals surface area contributed by atoms with Crippen LogP contribution in [0.25, 0.3) is 0 Å². The molecule has 2 N–H and O–H groups in total. The van der Waals surface area contributed by atoms with Gasteiger partial charge in [-0.15, -0.1) is 0 Å². The quantitative estimate of drug-likeness (QED) is 0.833. The molecular formula is C16H24O4. The third-order valence-corrected chi connectivity index (χ3v) is 4.21. The number of ether oxygens (including phenoxy) is 2. The number of aliphatic hydroxyl groups excluding tert-OH is 1. The average molecular weight is 280 g/mol. The predicted molar refractivity (Wildman–Crippen MR) is 77.2 cm³/mol. The maximum atomic E-state index is 10.8. The molecule has 1 aromatic rings. The van der Waals surface area contributed by atoms with Crippen molar-refractivity contribution in [2.75, 3.05) is 14.2 Å². The lowest BCUT2D eigenvalue weighted by atomic mass is 9.84. The van der Waals surface area contributed by atoms with Gasteiger partial charge in [-0.1, -0.05) is 25.7 Å². The van der Waals surface area contributed by atoms with Gasteiger partial charge in [-0.25, -0.2) is 0 Å². The van der Waals surface area contributed by atoms with E-state index in [1.54, 1.807) is 32.4 Å². The van der Waals surface area contributed by atoms with Gasteiger partial charge in [0.2, 0.25) is 0 Å². The minimum absolute atomic E-state index is 0.550. The van der Waals surface area contributed by atoms with Gasteiger partial charge in [0.25, 0.3) is 0 Å². The van der Waals surface area contributed by atoms with Gasteiger partial charge in [-0.05, 0) is 25.0 Å². The highest BCUT2D eigenvalue weighted by molar-refractivity contribution is 5.42. The first-order chi connectivity index (χ1) is 9.60. The molecule has 1 atom stereocenters. The average Bonchev–Trinajstić information content (AvgIpc) is 2.71. The second-order valence-corrected chi connectivity index (χ2v) is 5.53. The molecule has 0 aromatic heterocycles. The van der Waals surface area contributed by atoms with Crippen molar-refractivity contribution in [3.05, 3.63) is 23.8 Å². The van der Waals surface area contributed by atoms with Crippen LogP contribution in [0.5, 0.6) is 11.5 Å². The fourth-order valence-electron chi connectivity index (χ4n) is 2.95. The summed E-state index contributed by atoms with van der Waals surface area (Å²) in [6.45, 7) is 0. The Labute approximate surface area is 120 Å². The number of benzene rings is 1. The summed E-state index contributed by atoms with van der Waals surface area (Å²) in [5, 5.41) is 21.4.